The Balaban J connectivity index is 3.16. The van der Waals surface area contributed by atoms with Crippen molar-refractivity contribution in [3.63, 3.8) is 0 Å². The average molecular weight is 250 g/mol. The Labute approximate surface area is 106 Å². The number of nitrogens with zero attached hydrogens (tertiary/aromatic N) is 1. The van der Waals surface area contributed by atoms with Gasteiger partial charge in [0.25, 0.3) is 5.69 Å². The van der Waals surface area contributed by atoms with E-state index in [0.717, 1.165) is 6.42 Å². The summed E-state index contributed by atoms with van der Waals surface area (Å²) < 4.78 is 0. The number of carbonyl (C=O) groups excluding carboxylic acids is 1. The van der Waals surface area contributed by atoms with Crippen molar-refractivity contribution in [3.05, 3.63) is 39.9 Å². The van der Waals surface area contributed by atoms with E-state index in [4.69, 9.17) is 5.73 Å². The van der Waals surface area contributed by atoms with E-state index < -0.39 is 10.5 Å². The van der Waals surface area contributed by atoms with Gasteiger partial charge >= 0.3 is 0 Å². The van der Waals surface area contributed by atoms with Crippen molar-refractivity contribution < 1.29 is 9.72 Å². The number of hydrogen-bond acceptors (Lipinski definition) is 4. The summed E-state index contributed by atoms with van der Waals surface area (Å²) >= 11 is 0. The molecule has 0 fully saturated rings. The molecule has 5 nitrogen and oxygen atoms in total. The van der Waals surface area contributed by atoms with Crippen LogP contribution >= 0.6 is 0 Å². The molecule has 0 amide bonds. The number of benzene rings is 1. The number of nitro benzene ring substituents is 1. The first-order valence-electron chi connectivity index (χ1n) is 5.92. The van der Waals surface area contributed by atoms with Crippen LogP contribution in [-0.2, 0) is 10.3 Å². The van der Waals surface area contributed by atoms with Crippen molar-refractivity contribution in [1.82, 2.24) is 0 Å². The quantitative estimate of drug-likeness (QED) is 0.620. The van der Waals surface area contributed by atoms with Gasteiger partial charge in [-0.2, -0.15) is 0 Å². The van der Waals surface area contributed by atoms with E-state index in [2.05, 4.69) is 0 Å². The second-order valence-corrected chi connectivity index (χ2v) is 4.59. The number of nitrogens with two attached hydrogens (primary N) is 1. The summed E-state index contributed by atoms with van der Waals surface area (Å²) in [5, 5.41) is 10.8. The van der Waals surface area contributed by atoms with E-state index in [0.29, 0.717) is 12.0 Å². The molecule has 0 bridgehead atoms. The van der Waals surface area contributed by atoms with Crippen LogP contribution in [0.1, 0.15) is 38.7 Å². The van der Waals surface area contributed by atoms with Gasteiger partial charge in [-0.05, 0) is 18.9 Å². The van der Waals surface area contributed by atoms with Crippen molar-refractivity contribution in [1.29, 1.82) is 0 Å². The minimum atomic E-state index is -0.813. The second-order valence-electron chi connectivity index (χ2n) is 4.59. The molecule has 0 spiro atoms. The van der Waals surface area contributed by atoms with Crippen LogP contribution in [0.4, 0.5) is 5.69 Å². The maximum Gasteiger partial charge on any atom is 0.269 e. The standard InChI is InChI=1S/C13H18N2O3/c1-3-7-13(14,9-10(2)16)11-5-4-6-12(8-11)15(17)18/h4-6,8H,3,7,9,14H2,1-2H3/t13-/m0/s1. The molecule has 1 rings (SSSR count). The van der Waals surface area contributed by atoms with Crippen LogP contribution in [0.25, 0.3) is 0 Å². The van der Waals surface area contributed by atoms with E-state index in [1.807, 2.05) is 6.92 Å². The molecular weight excluding hydrogens is 232 g/mol. The molecule has 0 saturated heterocycles. The summed E-state index contributed by atoms with van der Waals surface area (Å²) in [4.78, 5) is 21.6. The van der Waals surface area contributed by atoms with Gasteiger partial charge in [-0.15, -0.1) is 0 Å². The van der Waals surface area contributed by atoms with Crippen LogP contribution in [0, 0.1) is 10.1 Å². The lowest BCUT2D eigenvalue weighted by molar-refractivity contribution is -0.385. The third-order valence-electron chi connectivity index (χ3n) is 2.89. The number of carbonyl (C=O) groups is 1. The maximum atomic E-state index is 11.3. The number of non-ortho nitro benzene ring substituents is 1. The van der Waals surface area contributed by atoms with E-state index in [1.165, 1.54) is 19.1 Å². The van der Waals surface area contributed by atoms with Crippen molar-refractivity contribution in [2.75, 3.05) is 0 Å². The van der Waals surface area contributed by atoms with Gasteiger partial charge in [0.1, 0.15) is 5.78 Å². The van der Waals surface area contributed by atoms with Crippen LogP contribution in [0.3, 0.4) is 0 Å². The zero-order chi connectivity index (χ0) is 13.8. The summed E-state index contributed by atoms with van der Waals surface area (Å²) in [6.45, 7) is 3.45. The summed E-state index contributed by atoms with van der Waals surface area (Å²) in [5.41, 5.74) is 6.09. The Kier molecular flexibility index (Phi) is 4.55. The lowest BCUT2D eigenvalue weighted by atomic mass is 9.82. The van der Waals surface area contributed by atoms with Gasteiger partial charge in [0, 0.05) is 24.1 Å². The molecule has 0 unspecified atom stereocenters. The van der Waals surface area contributed by atoms with Crippen molar-refractivity contribution in [3.8, 4) is 0 Å². The van der Waals surface area contributed by atoms with Crippen LogP contribution in [-0.4, -0.2) is 10.7 Å². The SMILES string of the molecule is CCC[C@](N)(CC(C)=O)c1cccc([N+](=O)[O-])c1. The molecule has 2 N–H and O–H groups in total. The summed E-state index contributed by atoms with van der Waals surface area (Å²) in [7, 11) is 0. The molecule has 0 aromatic heterocycles. The average Bonchev–Trinajstić information content (AvgIpc) is 2.28. The first kappa shape index (κ1) is 14.3. The van der Waals surface area contributed by atoms with E-state index in [1.54, 1.807) is 12.1 Å². The minimum Gasteiger partial charge on any atom is -0.321 e. The van der Waals surface area contributed by atoms with Gasteiger partial charge < -0.3 is 5.73 Å². The molecule has 18 heavy (non-hydrogen) atoms. The Morgan fingerprint density at radius 2 is 2.17 bits per heavy atom. The molecule has 1 atom stereocenters. The first-order valence-corrected chi connectivity index (χ1v) is 5.92. The third-order valence-corrected chi connectivity index (χ3v) is 2.89. The fourth-order valence-corrected chi connectivity index (χ4v) is 2.15. The molecule has 0 radical (unpaired) electrons. The molecule has 0 aliphatic rings. The fraction of sp³-hybridized carbons (Fsp3) is 0.462. The highest BCUT2D eigenvalue weighted by Crippen LogP contribution is 2.30. The lowest BCUT2D eigenvalue weighted by Gasteiger charge is -2.28. The first-order chi connectivity index (χ1) is 8.39. The van der Waals surface area contributed by atoms with Crippen LogP contribution in [0.15, 0.2) is 24.3 Å². The Morgan fingerprint density at radius 3 is 2.67 bits per heavy atom. The number of ketones is 1. The number of hydrogen-bond donors (Lipinski definition) is 1. The predicted octanol–water partition coefficient (Wildman–Crippen LogP) is 2.53. The summed E-state index contributed by atoms with van der Waals surface area (Å²) in [6.07, 6.45) is 1.63. The Morgan fingerprint density at radius 1 is 1.50 bits per heavy atom. The van der Waals surface area contributed by atoms with Crippen LogP contribution in [0.5, 0.6) is 0 Å². The van der Waals surface area contributed by atoms with Gasteiger partial charge in [0.15, 0.2) is 0 Å². The molecule has 1 aromatic rings. The van der Waals surface area contributed by atoms with E-state index in [9.17, 15) is 14.9 Å². The summed E-state index contributed by atoms with van der Waals surface area (Å²) in [6, 6.07) is 6.22. The highest BCUT2D eigenvalue weighted by molar-refractivity contribution is 5.77. The van der Waals surface area contributed by atoms with Gasteiger partial charge in [-0.3, -0.25) is 14.9 Å². The molecule has 0 saturated carbocycles. The lowest BCUT2D eigenvalue weighted by Crippen LogP contribution is -2.38. The third kappa shape index (κ3) is 3.37. The number of rotatable bonds is 6. The fourth-order valence-electron chi connectivity index (χ4n) is 2.15. The predicted molar refractivity (Wildman–Crippen MR) is 69.2 cm³/mol. The van der Waals surface area contributed by atoms with Crippen molar-refractivity contribution in [2.45, 2.75) is 38.6 Å². The van der Waals surface area contributed by atoms with Crippen LogP contribution in [0.2, 0.25) is 0 Å². The molecule has 98 valence electrons. The molecule has 0 aliphatic heterocycles. The monoisotopic (exact) mass is 250 g/mol. The largest absolute Gasteiger partial charge is 0.321 e. The molecule has 0 heterocycles. The topological polar surface area (TPSA) is 86.2 Å². The van der Waals surface area contributed by atoms with Crippen LogP contribution < -0.4 is 5.73 Å². The molecular formula is C13H18N2O3. The number of nitro groups is 1. The highest BCUT2D eigenvalue weighted by atomic mass is 16.6. The van der Waals surface area contributed by atoms with Gasteiger partial charge in [-0.25, -0.2) is 0 Å². The highest BCUT2D eigenvalue weighted by Gasteiger charge is 2.29. The van der Waals surface area contributed by atoms with Gasteiger partial charge in [0.2, 0.25) is 0 Å². The molecule has 5 heteroatoms. The Hall–Kier alpha value is -1.75. The molecule has 1 aromatic carbocycles. The smallest absolute Gasteiger partial charge is 0.269 e. The van der Waals surface area contributed by atoms with Crippen molar-refractivity contribution in [2.24, 2.45) is 5.73 Å². The second kappa shape index (κ2) is 5.73. The zero-order valence-electron chi connectivity index (χ0n) is 10.7. The maximum absolute atomic E-state index is 11.3. The van der Waals surface area contributed by atoms with E-state index >= 15 is 0 Å². The number of Topliss-reactive ketones (excluding diaryl/α,β-unsaturated/α-hetero) is 1. The van der Waals surface area contributed by atoms with Gasteiger partial charge in [0.05, 0.1) is 4.92 Å². The van der Waals surface area contributed by atoms with Crippen molar-refractivity contribution >= 4 is 11.5 Å². The zero-order valence-corrected chi connectivity index (χ0v) is 10.7. The van der Waals surface area contributed by atoms with E-state index in [-0.39, 0.29) is 17.9 Å². The normalized spacial score (nSPS) is 13.9. The summed E-state index contributed by atoms with van der Waals surface area (Å²) in [5.74, 6) is -0.0162. The molecule has 0 aliphatic carbocycles. The Bertz CT molecular complexity index is 459. The minimum absolute atomic E-state index is 0.00183. The van der Waals surface area contributed by atoms with Gasteiger partial charge in [-0.1, -0.05) is 25.5 Å².